The number of carbonyl (C=O) groups is 2. The molecule has 0 N–H and O–H groups in total. The van der Waals surface area contributed by atoms with Crippen molar-refractivity contribution in [3.05, 3.63) is 87.0 Å². The van der Waals surface area contributed by atoms with Gasteiger partial charge in [-0.2, -0.15) is 0 Å². The molecule has 5 aliphatic rings. The van der Waals surface area contributed by atoms with Gasteiger partial charge in [0.2, 0.25) is 0 Å². The summed E-state index contributed by atoms with van der Waals surface area (Å²) in [6.07, 6.45) is 10.3. The highest BCUT2D eigenvalue weighted by Gasteiger charge is 2.51. The quantitative estimate of drug-likeness (QED) is 0.310. The smallest absolute Gasteiger partial charge is 0.298 e. The molecule has 0 unspecified atom stereocenters. The fourth-order valence-electron chi connectivity index (χ4n) is 8.21. The van der Waals surface area contributed by atoms with Gasteiger partial charge >= 0.3 is 0 Å². The molecule has 4 nitrogen and oxygen atoms in total. The molecule has 1 aromatic heterocycles. The zero-order valence-electron chi connectivity index (χ0n) is 21.7. The minimum atomic E-state index is -0.313. The average molecular weight is 543 g/mol. The number of imide groups is 1. The van der Waals surface area contributed by atoms with Gasteiger partial charge in [-0.1, -0.05) is 29.8 Å². The van der Waals surface area contributed by atoms with Crippen LogP contribution in [0.4, 0.5) is 10.5 Å². The minimum absolute atomic E-state index is 0.308. The van der Waals surface area contributed by atoms with Crippen LogP contribution in [0.15, 0.2) is 59.5 Å². The number of amides is 2. The number of aromatic nitrogens is 1. The van der Waals surface area contributed by atoms with E-state index >= 15 is 0 Å². The summed E-state index contributed by atoms with van der Waals surface area (Å²) in [5, 5.41) is 0.181. The molecular formula is C32H31ClN2O2S. The van der Waals surface area contributed by atoms with Crippen LogP contribution in [-0.4, -0.2) is 15.7 Å². The van der Waals surface area contributed by atoms with Gasteiger partial charge in [-0.25, -0.2) is 4.90 Å². The van der Waals surface area contributed by atoms with Crippen LogP contribution in [0.2, 0.25) is 5.02 Å². The lowest BCUT2D eigenvalue weighted by molar-refractivity contribution is -0.113. The van der Waals surface area contributed by atoms with Gasteiger partial charge in [-0.3, -0.25) is 9.59 Å². The van der Waals surface area contributed by atoms with E-state index < -0.39 is 0 Å². The van der Waals surface area contributed by atoms with Crippen LogP contribution in [0.1, 0.15) is 61.0 Å². The first kappa shape index (κ1) is 24.3. The third kappa shape index (κ3) is 3.89. The highest BCUT2D eigenvalue weighted by molar-refractivity contribution is 8.19. The van der Waals surface area contributed by atoms with E-state index in [9.17, 15) is 9.59 Å². The van der Waals surface area contributed by atoms with Crippen molar-refractivity contribution >= 4 is 46.3 Å². The van der Waals surface area contributed by atoms with Gasteiger partial charge in [0.15, 0.2) is 0 Å². The van der Waals surface area contributed by atoms with Crippen LogP contribution in [0, 0.1) is 31.6 Å². The Morgan fingerprint density at radius 2 is 1.55 bits per heavy atom. The molecule has 4 aliphatic carbocycles. The summed E-state index contributed by atoms with van der Waals surface area (Å²) in [6, 6.07) is 18.2. The van der Waals surface area contributed by atoms with Crippen LogP contribution in [0.3, 0.4) is 0 Å². The number of aryl methyl sites for hydroxylation is 1. The maximum Gasteiger partial charge on any atom is 0.298 e. The second kappa shape index (κ2) is 8.89. The molecule has 3 aromatic rings. The third-order valence-electron chi connectivity index (χ3n) is 9.39. The summed E-state index contributed by atoms with van der Waals surface area (Å²) in [6.45, 7) is 4.17. The Labute approximate surface area is 233 Å². The highest BCUT2D eigenvalue weighted by Crippen LogP contribution is 2.60. The zero-order chi connectivity index (χ0) is 26.2. The predicted molar refractivity (Wildman–Crippen MR) is 155 cm³/mol. The molecule has 0 radical (unpaired) electrons. The molecule has 194 valence electrons. The molecule has 6 heteroatoms. The lowest BCUT2D eigenvalue weighted by Gasteiger charge is -2.57. The van der Waals surface area contributed by atoms with Crippen molar-refractivity contribution in [1.29, 1.82) is 0 Å². The Kier molecular flexibility index (Phi) is 5.68. The van der Waals surface area contributed by atoms with E-state index in [1.165, 1.54) is 49.0 Å². The lowest BCUT2D eigenvalue weighted by Crippen LogP contribution is -2.48. The molecule has 2 amide bonds. The maximum absolute atomic E-state index is 13.2. The van der Waals surface area contributed by atoms with E-state index in [4.69, 9.17) is 11.6 Å². The summed E-state index contributed by atoms with van der Waals surface area (Å²) in [7, 11) is 0. The van der Waals surface area contributed by atoms with Crippen LogP contribution >= 0.6 is 23.4 Å². The van der Waals surface area contributed by atoms with Crippen molar-refractivity contribution in [2.75, 3.05) is 4.90 Å². The fraction of sp³-hybridized carbons (Fsp3) is 0.375. The third-order valence-corrected chi connectivity index (χ3v) is 10.5. The number of halogens is 1. The topological polar surface area (TPSA) is 42.3 Å². The standard InChI is InChI=1S/C32H31ClN2O2S/c1-19-10-24(14-29-30(36)35(31(37)38-29)28-5-3-4-26(33)15-28)20(2)34(19)27-8-6-25(7-9-27)32-16-21-11-22(17-32)13-23(12-21)18-32/h3-10,14-15,21-23H,11-13,16-18H2,1-2H3/b29-14+. The van der Waals surface area contributed by atoms with E-state index in [2.05, 4.69) is 48.7 Å². The number of rotatable bonds is 4. The number of nitrogens with zero attached hydrogens (tertiary/aromatic N) is 2. The molecule has 0 spiro atoms. The monoisotopic (exact) mass is 542 g/mol. The average Bonchev–Trinajstić information content (AvgIpc) is 3.31. The number of benzene rings is 2. The summed E-state index contributed by atoms with van der Waals surface area (Å²) in [5.74, 6) is 2.49. The van der Waals surface area contributed by atoms with E-state index in [1.54, 1.807) is 24.3 Å². The number of hydrogen-bond acceptors (Lipinski definition) is 3. The Balaban J connectivity index is 1.17. The van der Waals surface area contributed by atoms with Crippen LogP contribution in [0.25, 0.3) is 11.8 Å². The van der Waals surface area contributed by atoms with Crippen molar-refractivity contribution < 1.29 is 9.59 Å². The van der Waals surface area contributed by atoms with E-state index in [0.29, 0.717) is 21.0 Å². The van der Waals surface area contributed by atoms with Gasteiger partial charge in [0.25, 0.3) is 11.1 Å². The molecule has 8 rings (SSSR count). The Bertz CT molecular complexity index is 1470. The van der Waals surface area contributed by atoms with Crippen LogP contribution in [-0.2, 0) is 10.2 Å². The van der Waals surface area contributed by atoms with Crippen molar-refractivity contribution in [3.8, 4) is 5.69 Å². The molecule has 0 atom stereocenters. The largest absolute Gasteiger partial charge is 0.318 e. The van der Waals surface area contributed by atoms with Gasteiger partial charge < -0.3 is 4.57 Å². The van der Waals surface area contributed by atoms with Gasteiger partial charge in [0.1, 0.15) is 0 Å². The first-order valence-corrected chi connectivity index (χ1v) is 14.8. The second-order valence-corrected chi connectivity index (χ2v) is 13.3. The van der Waals surface area contributed by atoms with Gasteiger partial charge in [-0.05, 0) is 141 Å². The minimum Gasteiger partial charge on any atom is -0.318 e. The van der Waals surface area contributed by atoms with Crippen molar-refractivity contribution in [2.24, 2.45) is 17.8 Å². The first-order chi connectivity index (χ1) is 18.3. The van der Waals surface area contributed by atoms with Crippen LogP contribution < -0.4 is 4.90 Å². The van der Waals surface area contributed by atoms with Gasteiger partial charge in [0, 0.05) is 22.1 Å². The maximum atomic E-state index is 13.2. The Morgan fingerprint density at radius 3 is 2.18 bits per heavy atom. The molecule has 1 aliphatic heterocycles. The summed E-state index contributed by atoms with van der Waals surface area (Å²) >= 11 is 7.07. The first-order valence-electron chi connectivity index (χ1n) is 13.6. The molecule has 2 heterocycles. The fourth-order valence-corrected chi connectivity index (χ4v) is 9.22. The number of thioether (sulfide) groups is 1. The molecule has 5 fully saturated rings. The summed E-state index contributed by atoms with van der Waals surface area (Å²) < 4.78 is 2.25. The Morgan fingerprint density at radius 1 is 0.895 bits per heavy atom. The molecule has 2 aromatic carbocycles. The number of carbonyl (C=O) groups excluding carboxylic acids is 2. The normalized spacial score (nSPS) is 29.2. The number of hydrogen-bond donors (Lipinski definition) is 0. The highest BCUT2D eigenvalue weighted by atomic mass is 35.5. The molecule has 1 saturated heterocycles. The summed E-state index contributed by atoms with van der Waals surface area (Å²) in [4.78, 5) is 27.5. The van der Waals surface area contributed by atoms with Gasteiger partial charge in [0.05, 0.1) is 10.6 Å². The van der Waals surface area contributed by atoms with Crippen molar-refractivity contribution in [3.63, 3.8) is 0 Å². The van der Waals surface area contributed by atoms with E-state index in [1.807, 2.05) is 6.08 Å². The van der Waals surface area contributed by atoms with E-state index in [0.717, 1.165) is 52.2 Å². The zero-order valence-corrected chi connectivity index (χ0v) is 23.3. The molecule has 4 bridgehead atoms. The van der Waals surface area contributed by atoms with Crippen LogP contribution in [0.5, 0.6) is 0 Å². The lowest BCUT2D eigenvalue weighted by atomic mass is 9.48. The van der Waals surface area contributed by atoms with Crippen molar-refractivity contribution in [1.82, 2.24) is 4.57 Å². The molecule has 38 heavy (non-hydrogen) atoms. The Hall–Kier alpha value is -2.76. The number of anilines is 1. The van der Waals surface area contributed by atoms with E-state index in [-0.39, 0.29) is 11.1 Å². The summed E-state index contributed by atoms with van der Waals surface area (Å²) in [5.41, 5.74) is 6.66. The predicted octanol–water partition coefficient (Wildman–Crippen LogP) is 8.46. The van der Waals surface area contributed by atoms with Gasteiger partial charge in [-0.15, -0.1) is 0 Å². The molecular weight excluding hydrogens is 512 g/mol. The second-order valence-electron chi connectivity index (χ2n) is 11.9. The van der Waals surface area contributed by atoms with Crippen molar-refractivity contribution in [2.45, 2.75) is 57.8 Å². The SMILES string of the molecule is Cc1cc(/C=C2/SC(=O)N(c3cccc(Cl)c3)C2=O)c(C)n1-c1ccc(C23CC4CC(CC(C4)C2)C3)cc1. The molecule has 4 saturated carbocycles.